The topological polar surface area (TPSA) is 60.4 Å². The van der Waals surface area contributed by atoms with Gasteiger partial charge in [-0.25, -0.2) is 4.98 Å². The lowest BCUT2D eigenvalue weighted by Crippen LogP contribution is -1.87. The molecule has 0 saturated carbocycles. The van der Waals surface area contributed by atoms with Crippen molar-refractivity contribution in [1.82, 2.24) is 9.38 Å². The van der Waals surface area contributed by atoms with E-state index in [0.717, 1.165) is 16.9 Å². The van der Waals surface area contributed by atoms with Gasteiger partial charge in [0.1, 0.15) is 5.65 Å². The molecule has 0 saturated heterocycles. The molecule has 0 atom stereocenters. The number of benzene rings is 1. The summed E-state index contributed by atoms with van der Waals surface area (Å²) in [4.78, 5) is 14.8. The second-order valence-corrected chi connectivity index (χ2v) is 3.90. The standard InChI is InChI=1S/C13H9N3O2.C2H6/c17-16(18)11-5-3-4-10(8-11)12-9-15-7-2-1-6-13(15)14-12;1-2/h1-9H;1-2H3. The van der Waals surface area contributed by atoms with Gasteiger partial charge < -0.3 is 4.40 Å². The molecule has 0 aliphatic rings. The fourth-order valence-corrected chi connectivity index (χ4v) is 1.85. The van der Waals surface area contributed by atoms with Gasteiger partial charge in [-0.2, -0.15) is 0 Å². The van der Waals surface area contributed by atoms with E-state index < -0.39 is 4.92 Å². The second-order valence-electron chi connectivity index (χ2n) is 3.90. The summed E-state index contributed by atoms with van der Waals surface area (Å²) in [5.74, 6) is 0. The molecular weight excluding hydrogens is 254 g/mol. The third-order valence-corrected chi connectivity index (χ3v) is 2.72. The van der Waals surface area contributed by atoms with E-state index in [-0.39, 0.29) is 5.69 Å². The molecule has 1 aromatic carbocycles. The zero-order chi connectivity index (χ0) is 14.5. The van der Waals surface area contributed by atoms with Crippen molar-refractivity contribution in [3.63, 3.8) is 0 Å². The summed E-state index contributed by atoms with van der Waals surface area (Å²) in [6.07, 6.45) is 3.75. The zero-order valence-corrected chi connectivity index (χ0v) is 11.4. The minimum atomic E-state index is -0.403. The van der Waals surface area contributed by atoms with Gasteiger partial charge in [0.05, 0.1) is 10.6 Å². The molecule has 0 spiro atoms. The smallest absolute Gasteiger partial charge is 0.270 e. The van der Waals surface area contributed by atoms with Crippen molar-refractivity contribution in [3.8, 4) is 11.3 Å². The summed E-state index contributed by atoms with van der Waals surface area (Å²) in [5, 5.41) is 10.7. The summed E-state index contributed by atoms with van der Waals surface area (Å²) >= 11 is 0. The van der Waals surface area contributed by atoms with Crippen LogP contribution in [0.5, 0.6) is 0 Å². The molecule has 0 unspecified atom stereocenters. The first kappa shape index (κ1) is 13.7. The molecule has 2 aromatic heterocycles. The molecule has 0 aliphatic heterocycles. The Morgan fingerprint density at radius 1 is 1.15 bits per heavy atom. The first-order valence-corrected chi connectivity index (χ1v) is 6.42. The number of hydrogen-bond donors (Lipinski definition) is 0. The third kappa shape index (κ3) is 2.66. The van der Waals surface area contributed by atoms with Crippen LogP contribution in [0.4, 0.5) is 5.69 Å². The van der Waals surface area contributed by atoms with Crippen LogP contribution in [-0.4, -0.2) is 14.3 Å². The van der Waals surface area contributed by atoms with Gasteiger partial charge in [0, 0.05) is 30.1 Å². The quantitative estimate of drug-likeness (QED) is 0.523. The van der Waals surface area contributed by atoms with E-state index in [9.17, 15) is 10.1 Å². The Bertz CT molecular complexity index is 702. The maximum atomic E-state index is 10.7. The summed E-state index contributed by atoms with van der Waals surface area (Å²) in [6.45, 7) is 4.00. The van der Waals surface area contributed by atoms with Crippen LogP contribution in [0.2, 0.25) is 0 Å². The summed E-state index contributed by atoms with van der Waals surface area (Å²) in [6, 6.07) is 12.2. The fraction of sp³-hybridized carbons (Fsp3) is 0.133. The first-order chi connectivity index (χ1) is 9.74. The van der Waals surface area contributed by atoms with E-state index in [1.165, 1.54) is 12.1 Å². The van der Waals surface area contributed by atoms with Crippen molar-refractivity contribution < 1.29 is 4.92 Å². The van der Waals surface area contributed by atoms with Crippen LogP contribution in [0.1, 0.15) is 13.8 Å². The Hall–Kier alpha value is -2.69. The lowest BCUT2D eigenvalue weighted by molar-refractivity contribution is -0.384. The van der Waals surface area contributed by atoms with E-state index in [1.54, 1.807) is 6.07 Å². The lowest BCUT2D eigenvalue weighted by Gasteiger charge is -1.95. The monoisotopic (exact) mass is 269 g/mol. The van der Waals surface area contributed by atoms with Crippen molar-refractivity contribution >= 4 is 11.3 Å². The Kier molecular flexibility index (Phi) is 4.10. The Balaban J connectivity index is 0.000000704. The van der Waals surface area contributed by atoms with Crippen molar-refractivity contribution in [1.29, 1.82) is 0 Å². The number of non-ortho nitro benzene ring substituents is 1. The van der Waals surface area contributed by atoms with Gasteiger partial charge in [0.25, 0.3) is 5.69 Å². The molecule has 3 aromatic rings. The molecule has 0 aliphatic carbocycles. The van der Waals surface area contributed by atoms with Crippen molar-refractivity contribution in [2.75, 3.05) is 0 Å². The average Bonchev–Trinajstić information content (AvgIpc) is 2.93. The average molecular weight is 269 g/mol. The van der Waals surface area contributed by atoms with Crippen molar-refractivity contribution in [3.05, 3.63) is 65.0 Å². The zero-order valence-electron chi connectivity index (χ0n) is 11.4. The highest BCUT2D eigenvalue weighted by atomic mass is 16.6. The highest BCUT2D eigenvalue weighted by Crippen LogP contribution is 2.23. The predicted octanol–water partition coefficient (Wildman–Crippen LogP) is 3.94. The molecule has 2 heterocycles. The molecule has 0 bridgehead atoms. The van der Waals surface area contributed by atoms with Gasteiger partial charge in [-0.05, 0) is 12.1 Å². The van der Waals surface area contributed by atoms with Crippen LogP contribution >= 0.6 is 0 Å². The Labute approximate surface area is 116 Å². The molecule has 3 rings (SSSR count). The largest absolute Gasteiger partial charge is 0.306 e. The maximum absolute atomic E-state index is 10.7. The Morgan fingerprint density at radius 3 is 2.65 bits per heavy atom. The van der Waals surface area contributed by atoms with Crippen LogP contribution in [0.3, 0.4) is 0 Å². The van der Waals surface area contributed by atoms with Gasteiger partial charge in [-0.1, -0.05) is 32.0 Å². The molecule has 0 radical (unpaired) electrons. The van der Waals surface area contributed by atoms with E-state index >= 15 is 0 Å². The highest BCUT2D eigenvalue weighted by molar-refractivity contribution is 5.65. The van der Waals surface area contributed by atoms with Crippen LogP contribution in [-0.2, 0) is 0 Å². The minimum absolute atomic E-state index is 0.0737. The maximum Gasteiger partial charge on any atom is 0.270 e. The summed E-state index contributed by atoms with van der Waals surface area (Å²) in [5.41, 5.74) is 2.36. The predicted molar refractivity (Wildman–Crippen MR) is 78.6 cm³/mol. The molecule has 0 amide bonds. The fourth-order valence-electron chi connectivity index (χ4n) is 1.85. The molecule has 5 heteroatoms. The number of aromatic nitrogens is 2. The highest BCUT2D eigenvalue weighted by Gasteiger charge is 2.09. The lowest BCUT2D eigenvalue weighted by atomic mass is 10.1. The SMILES string of the molecule is CC.O=[N+]([O-])c1cccc(-c2cn3ccccc3n2)c1. The number of nitro groups is 1. The number of nitrogens with zero attached hydrogens (tertiary/aromatic N) is 3. The van der Waals surface area contributed by atoms with E-state index in [1.807, 2.05) is 54.9 Å². The van der Waals surface area contributed by atoms with Crippen LogP contribution in [0.25, 0.3) is 16.9 Å². The van der Waals surface area contributed by atoms with Gasteiger partial charge in [-0.15, -0.1) is 0 Å². The normalized spacial score (nSPS) is 9.90. The number of fused-ring (bicyclic) bond motifs is 1. The van der Waals surface area contributed by atoms with Crippen LogP contribution in [0, 0.1) is 10.1 Å². The number of hydrogen-bond acceptors (Lipinski definition) is 3. The first-order valence-electron chi connectivity index (χ1n) is 6.42. The molecular formula is C15H15N3O2. The molecule has 0 fully saturated rings. The minimum Gasteiger partial charge on any atom is -0.306 e. The molecule has 102 valence electrons. The number of pyridine rings is 1. The van der Waals surface area contributed by atoms with E-state index in [0.29, 0.717) is 0 Å². The van der Waals surface area contributed by atoms with Gasteiger partial charge >= 0.3 is 0 Å². The number of nitro benzene ring substituents is 1. The number of imidazole rings is 1. The van der Waals surface area contributed by atoms with Gasteiger partial charge in [0.2, 0.25) is 0 Å². The van der Waals surface area contributed by atoms with Gasteiger partial charge in [-0.3, -0.25) is 10.1 Å². The van der Waals surface area contributed by atoms with E-state index in [4.69, 9.17) is 0 Å². The summed E-state index contributed by atoms with van der Waals surface area (Å²) in [7, 11) is 0. The Morgan fingerprint density at radius 2 is 1.95 bits per heavy atom. The molecule has 20 heavy (non-hydrogen) atoms. The van der Waals surface area contributed by atoms with Crippen LogP contribution < -0.4 is 0 Å². The summed E-state index contributed by atoms with van der Waals surface area (Å²) < 4.78 is 1.88. The van der Waals surface area contributed by atoms with Crippen molar-refractivity contribution in [2.24, 2.45) is 0 Å². The second kappa shape index (κ2) is 5.97. The number of rotatable bonds is 2. The van der Waals surface area contributed by atoms with Crippen LogP contribution in [0.15, 0.2) is 54.9 Å². The van der Waals surface area contributed by atoms with Crippen molar-refractivity contribution in [2.45, 2.75) is 13.8 Å². The van der Waals surface area contributed by atoms with E-state index in [2.05, 4.69) is 4.98 Å². The molecule has 5 nitrogen and oxygen atoms in total. The van der Waals surface area contributed by atoms with Gasteiger partial charge in [0.15, 0.2) is 0 Å². The molecule has 0 N–H and O–H groups in total. The third-order valence-electron chi connectivity index (χ3n) is 2.72.